The number of H-pyrrole nitrogens is 2. The van der Waals surface area contributed by atoms with E-state index in [1.807, 2.05) is 13.8 Å². The van der Waals surface area contributed by atoms with E-state index in [-0.39, 0.29) is 18.0 Å². The van der Waals surface area contributed by atoms with Crippen LogP contribution in [0.3, 0.4) is 0 Å². The first-order chi connectivity index (χ1) is 20.9. The highest BCUT2D eigenvalue weighted by atomic mass is 32.2. The second-order valence-electron chi connectivity index (χ2n) is 10.8. The molecule has 5 N–H and O–H groups in total. The highest BCUT2D eigenvalue weighted by molar-refractivity contribution is 7.88. The molecule has 0 aliphatic carbocycles. The van der Waals surface area contributed by atoms with Crippen LogP contribution in [0.5, 0.6) is 0 Å². The van der Waals surface area contributed by atoms with E-state index in [9.17, 15) is 17.9 Å². The maximum absolute atomic E-state index is 15.3. The monoisotopic (exact) mass is 618 g/mol. The van der Waals surface area contributed by atoms with Gasteiger partial charge in [0.15, 0.2) is 5.82 Å². The first-order valence-corrected chi connectivity index (χ1v) is 15.5. The summed E-state index contributed by atoms with van der Waals surface area (Å²) >= 11 is 0. The Morgan fingerprint density at radius 2 is 1.82 bits per heavy atom. The topological polar surface area (TPSA) is 162 Å². The zero-order valence-electron chi connectivity index (χ0n) is 23.9. The van der Waals surface area contributed by atoms with Crippen molar-refractivity contribution in [3.63, 3.8) is 0 Å². The summed E-state index contributed by atoms with van der Waals surface area (Å²) in [5.41, 5.74) is 4.47. The van der Waals surface area contributed by atoms with Crippen molar-refractivity contribution in [2.24, 2.45) is 5.92 Å². The van der Waals surface area contributed by atoms with Crippen molar-refractivity contribution in [1.82, 2.24) is 34.9 Å². The van der Waals surface area contributed by atoms with Crippen molar-refractivity contribution in [2.45, 2.75) is 26.6 Å². The van der Waals surface area contributed by atoms with Crippen molar-refractivity contribution >= 4 is 37.6 Å². The fraction of sp³-hybridized carbons (Fsp3) is 0.200. The van der Waals surface area contributed by atoms with E-state index in [1.54, 1.807) is 36.7 Å². The number of nitrogens with one attached hydrogen (secondary N) is 4. The standard InChI is InChI=1S/C30H28F2N8O3S/c1-15(2)30(41)36-20-9-18(13-33-14-20)21-10-22-25(11-23(21)32)39-40-27(22)29-37-24-4-5-34-26(28(24)38-29)17-6-16(7-19(31)8-17)12-35-44(3,42)43/h4-11,13-15,30,35-36,41H,12H2,1-3H3,(H,37,38)(H,39,40). The maximum Gasteiger partial charge on any atom is 0.209 e. The molecule has 6 rings (SSSR count). The molecule has 0 amide bonds. The molecule has 14 heteroatoms. The summed E-state index contributed by atoms with van der Waals surface area (Å²) < 4.78 is 55.3. The molecule has 1 unspecified atom stereocenters. The minimum absolute atomic E-state index is 0.0420. The Bertz CT molecular complexity index is 2130. The number of hydrogen-bond donors (Lipinski definition) is 5. The largest absolute Gasteiger partial charge is 0.374 e. The van der Waals surface area contributed by atoms with Gasteiger partial charge in [-0.2, -0.15) is 5.10 Å². The van der Waals surface area contributed by atoms with E-state index in [4.69, 9.17) is 4.98 Å². The van der Waals surface area contributed by atoms with Crippen LogP contribution in [-0.2, 0) is 16.6 Å². The van der Waals surface area contributed by atoms with E-state index in [0.717, 1.165) is 6.26 Å². The molecule has 4 aromatic heterocycles. The van der Waals surface area contributed by atoms with E-state index >= 15 is 4.39 Å². The number of imidazole rings is 1. The van der Waals surface area contributed by atoms with Gasteiger partial charge in [-0.1, -0.05) is 13.8 Å². The second kappa shape index (κ2) is 11.4. The Kier molecular flexibility index (Phi) is 7.57. The number of aliphatic hydroxyl groups excluding tert-OH is 1. The van der Waals surface area contributed by atoms with Crippen LogP contribution >= 0.6 is 0 Å². The SMILES string of the molecule is CC(C)C(O)Nc1cncc(-c2cc3c(-c4nc5c(-c6cc(F)cc(CNS(C)(=O)=O)c6)nccc5[nH]4)n[nH]c3cc2F)c1. The lowest BCUT2D eigenvalue weighted by Gasteiger charge is -2.17. The predicted octanol–water partition coefficient (Wildman–Crippen LogP) is 4.94. The molecule has 44 heavy (non-hydrogen) atoms. The van der Waals surface area contributed by atoms with Gasteiger partial charge < -0.3 is 15.4 Å². The molecule has 0 aliphatic rings. The number of aromatic amines is 2. The smallest absolute Gasteiger partial charge is 0.209 e. The summed E-state index contributed by atoms with van der Waals surface area (Å²) in [4.78, 5) is 16.6. The second-order valence-corrected chi connectivity index (χ2v) is 12.7. The third-order valence-electron chi connectivity index (χ3n) is 7.04. The van der Waals surface area contributed by atoms with Crippen LogP contribution in [0.1, 0.15) is 19.4 Å². The predicted molar refractivity (Wildman–Crippen MR) is 164 cm³/mol. The van der Waals surface area contributed by atoms with E-state index < -0.39 is 27.9 Å². The maximum atomic E-state index is 15.3. The zero-order valence-corrected chi connectivity index (χ0v) is 24.7. The Balaban J connectivity index is 1.40. The van der Waals surface area contributed by atoms with Crippen molar-refractivity contribution in [3.8, 4) is 33.9 Å². The van der Waals surface area contributed by atoms with E-state index in [1.165, 1.54) is 24.4 Å². The summed E-state index contributed by atoms with van der Waals surface area (Å²) in [6.45, 7) is 3.65. The number of fused-ring (bicyclic) bond motifs is 2. The van der Waals surface area contributed by atoms with Crippen LogP contribution in [0.2, 0.25) is 0 Å². The van der Waals surface area contributed by atoms with Crippen LogP contribution < -0.4 is 10.0 Å². The minimum Gasteiger partial charge on any atom is -0.374 e. The number of benzene rings is 2. The number of sulfonamides is 1. The zero-order chi connectivity index (χ0) is 31.2. The van der Waals surface area contributed by atoms with E-state index in [0.29, 0.717) is 61.5 Å². The first-order valence-electron chi connectivity index (χ1n) is 13.6. The molecule has 1 atom stereocenters. The normalized spacial score (nSPS) is 12.8. The van der Waals surface area contributed by atoms with Gasteiger partial charge in [-0.25, -0.2) is 26.9 Å². The fourth-order valence-electron chi connectivity index (χ4n) is 4.81. The Morgan fingerprint density at radius 1 is 1.00 bits per heavy atom. The third-order valence-corrected chi connectivity index (χ3v) is 7.71. The molecule has 0 saturated heterocycles. The number of pyridine rings is 2. The number of aliphatic hydroxyl groups is 1. The van der Waals surface area contributed by atoms with Gasteiger partial charge >= 0.3 is 0 Å². The lowest BCUT2D eigenvalue weighted by Crippen LogP contribution is -2.24. The Labute approximate surface area is 250 Å². The number of rotatable bonds is 9. The van der Waals surface area contributed by atoms with Gasteiger partial charge in [-0.05, 0) is 47.9 Å². The number of anilines is 1. The highest BCUT2D eigenvalue weighted by Gasteiger charge is 2.19. The summed E-state index contributed by atoms with van der Waals surface area (Å²) in [6, 6.07) is 10.6. The molecule has 226 valence electrons. The molecule has 0 saturated carbocycles. The van der Waals surface area contributed by atoms with Crippen molar-refractivity contribution in [3.05, 3.63) is 78.3 Å². The molecule has 0 spiro atoms. The van der Waals surface area contributed by atoms with E-state index in [2.05, 4.69) is 35.2 Å². The summed E-state index contributed by atoms with van der Waals surface area (Å²) in [5, 5.41) is 21.0. The first kappa shape index (κ1) is 29.3. The van der Waals surface area contributed by atoms with Crippen LogP contribution in [-0.4, -0.2) is 56.1 Å². The van der Waals surface area contributed by atoms with Crippen molar-refractivity contribution in [2.75, 3.05) is 11.6 Å². The lowest BCUT2D eigenvalue weighted by molar-refractivity contribution is 0.153. The molecule has 4 heterocycles. The van der Waals surface area contributed by atoms with Crippen LogP contribution in [0, 0.1) is 17.6 Å². The minimum atomic E-state index is -3.48. The molecule has 11 nitrogen and oxygen atoms in total. The third kappa shape index (κ3) is 6.00. The van der Waals surface area contributed by atoms with Gasteiger partial charge in [0.25, 0.3) is 0 Å². The van der Waals surface area contributed by atoms with Crippen LogP contribution in [0.25, 0.3) is 55.8 Å². The average Bonchev–Trinajstić information content (AvgIpc) is 3.58. The van der Waals surface area contributed by atoms with Gasteiger partial charge in [0.1, 0.15) is 29.1 Å². The summed E-state index contributed by atoms with van der Waals surface area (Å²) in [6.07, 6.45) is 4.88. The fourth-order valence-corrected chi connectivity index (χ4v) is 5.23. The summed E-state index contributed by atoms with van der Waals surface area (Å²) in [7, 11) is -3.48. The molecule has 0 radical (unpaired) electrons. The van der Waals surface area contributed by atoms with Gasteiger partial charge in [0, 0.05) is 47.1 Å². The molecule has 6 aromatic rings. The van der Waals surface area contributed by atoms with Crippen LogP contribution in [0.15, 0.2) is 61.1 Å². The number of halogens is 2. The molecule has 0 fully saturated rings. The highest BCUT2D eigenvalue weighted by Crippen LogP contribution is 2.34. The molecular weight excluding hydrogens is 590 g/mol. The molecule has 0 aliphatic heterocycles. The number of aromatic nitrogens is 6. The van der Waals surface area contributed by atoms with Gasteiger partial charge in [-0.3, -0.25) is 15.1 Å². The Hall–Kier alpha value is -4.79. The van der Waals surface area contributed by atoms with Gasteiger partial charge in [0.2, 0.25) is 10.0 Å². The quantitative estimate of drug-likeness (QED) is 0.142. The lowest BCUT2D eigenvalue weighted by atomic mass is 10.0. The molecule has 0 bridgehead atoms. The number of nitrogens with zero attached hydrogens (tertiary/aromatic N) is 4. The van der Waals surface area contributed by atoms with Crippen molar-refractivity contribution in [1.29, 1.82) is 0 Å². The van der Waals surface area contributed by atoms with Crippen molar-refractivity contribution < 1.29 is 22.3 Å². The number of hydrogen-bond acceptors (Lipinski definition) is 8. The van der Waals surface area contributed by atoms with Gasteiger partial charge in [-0.15, -0.1) is 0 Å². The van der Waals surface area contributed by atoms with Crippen LogP contribution in [0.4, 0.5) is 14.5 Å². The van der Waals surface area contributed by atoms with Gasteiger partial charge in [0.05, 0.1) is 34.9 Å². The average molecular weight is 619 g/mol. The Morgan fingerprint density at radius 3 is 2.59 bits per heavy atom. The molecular formula is C30H28F2N8O3S. The summed E-state index contributed by atoms with van der Waals surface area (Å²) in [5.74, 6) is -0.705. The molecule has 2 aromatic carbocycles.